The second-order valence-corrected chi connectivity index (χ2v) is 9.93. The molecule has 35 heavy (non-hydrogen) atoms. The Kier molecular flexibility index (Phi) is 8.01. The fraction of sp³-hybridized carbons (Fsp3) is 0.480. The third-order valence-electron chi connectivity index (χ3n) is 6.66. The molecule has 0 spiro atoms. The molecule has 188 valence electrons. The molecule has 0 saturated carbocycles. The lowest BCUT2D eigenvalue weighted by Crippen LogP contribution is -2.35. The molecule has 2 atom stereocenters. The molecule has 2 aromatic rings. The molecular formula is C25H31F3N6S. The molecule has 2 aliphatic heterocycles. The van der Waals surface area contributed by atoms with Crippen LogP contribution >= 0.6 is 11.8 Å². The molecule has 6 nitrogen and oxygen atoms in total. The van der Waals surface area contributed by atoms with Gasteiger partial charge in [-0.3, -0.25) is 4.99 Å². The monoisotopic (exact) mass is 504 g/mol. The fourth-order valence-corrected chi connectivity index (χ4v) is 5.74. The summed E-state index contributed by atoms with van der Waals surface area (Å²) in [4.78, 5) is 9.12. The number of hydrogen-bond acceptors (Lipinski definition) is 6. The predicted octanol–water partition coefficient (Wildman–Crippen LogP) is 5.14. The zero-order valence-corrected chi connectivity index (χ0v) is 20.9. The lowest BCUT2D eigenvalue weighted by molar-refractivity contribution is -0.137. The second kappa shape index (κ2) is 11.0. The van der Waals surface area contributed by atoms with Gasteiger partial charge in [0, 0.05) is 50.4 Å². The normalized spacial score (nSPS) is 21.3. The molecule has 0 radical (unpaired) electrons. The summed E-state index contributed by atoms with van der Waals surface area (Å²) in [6, 6.07) is 5.98. The quantitative estimate of drug-likeness (QED) is 0.269. The topological polar surface area (TPSA) is 49.6 Å². The number of alkyl halides is 3. The molecule has 0 amide bonds. The number of aromatic nitrogens is 3. The molecule has 2 fully saturated rings. The Bertz CT molecular complexity index is 1080. The Morgan fingerprint density at radius 1 is 1.23 bits per heavy atom. The van der Waals surface area contributed by atoms with Gasteiger partial charge in [0.1, 0.15) is 5.70 Å². The van der Waals surface area contributed by atoms with Gasteiger partial charge in [0.05, 0.1) is 5.56 Å². The summed E-state index contributed by atoms with van der Waals surface area (Å²) in [5.74, 6) is 2.23. The Morgan fingerprint density at radius 3 is 2.69 bits per heavy atom. The van der Waals surface area contributed by atoms with Crippen LogP contribution in [0.2, 0.25) is 0 Å². The molecule has 0 aliphatic carbocycles. The van der Waals surface area contributed by atoms with Crippen LogP contribution in [0.5, 0.6) is 0 Å². The first-order valence-corrected chi connectivity index (χ1v) is 12.8. The number of aliphatic imine (C=N–C) groups is 1. The lowest BCUT2D eigenvalue weighted by Gasteiger charge is -2.27. The second-order valence-electron chi connectivity index (χ2n) is 8.87. The average molecular weight is 505 g/mol. The number of fused-ring (bicyclic) bond motifs is 1. The number of halogens is 3. The van der Waals surface area contributed by atoms with Crippen molar-refractivity contribution >= 4 is 29.4 Å². The lowest BCUT2D eigenvalue weighted by atomic mass is 10.0. The minimum Gasteiger partial charge on any atom is -0.367 e. The summed E-state index contributed by atoms with van der Waals surface area (Å²) in [5.41, 5.74) is 1.05. The third-order valence-corrected chi connectivity index (χ3v) is 7.76. The molecule has 1 aromatic carbocycles. The van der Waals surface area contributed by atoms with Crippen molar-refractivity contribution in [2.45, 2.75) is 37.1 Å². The number of benzene rings is 1. The van der Waals surface area contributed by atoms with Gasteiger partial charge in [-0.25, -0.2) is 0 Å². The van der Waals surface area contributed by atoms with E-state index in [0.29, 0.717) is 12.0 Å². The van der Waals surface area contributed by atoms with Gasteiger partial charge in [-0.05, 0) is 56.5 Å². The Hall–Kier alpha value is -2.59. The van der Waals surface area contributed by atoms with Crippen molar-refractivity contribution in [2.75, 3.05) is 36.8 Å². The predicted molar refractivity (Wildman–Crippen MR) is 136 cm³/mol. The zero-order chi connectivity index (χ0) is 25.0. The van der Waals surface area contributed by atoms with E-state index in [1.807, 2.05) is 24.6 Å². The number of hydrogen-bond donors (Lipinski definition) is 0. The van der Waals surface area contributed by atoms with Crippen molar-refractivity contribution in [2.24, 2.45) is 18.0 Å². The molecule has 2 unspecified atom stereocenters. The summed E-state index contributed by atoms with van der Waals surface area (Å²) >= 11 is 1.69. The summed E-state index contributed by atoms with van der Waals surface area (Å²) in [6.07, 6.45) is 2.98. The highest BCUT2D eigenvalue weighted by molar-refractivity contribution is 7.99. The molecule has 0 bridgehead atoms. The molecule has 2 saturated heterocycles. The van der Waals surface area contributed by atoms with Gasteiger partial charge in [-0.15, -0.1) is 10.2 Å². The smallest absolute Gasteiger partial charge is 0.367 e. The summed E-state index contributed by atoms with van der Waals surface area (Å²) < 4.78 is 40.7. The van der Waals surface area contributed by atoms with Crippen LogP contribution in [-0.2, 0) is 13.2 Å². The fourth-order valence-electron chi connectivity index (χ4n) is 4.90. The molecule has 10 heteroatoms. The highest BCUT2D eigenvalue weighted by atomic mass is 32.2. The van der Waals surface area contributed by atoms with E-state index < -0.39 is 11.7 Å². The molecule has 4 rings (SSSR count). The van der Waals surface area contributed by atoms with E-state index in [-0.39, 0.29) is 0 Å². The number of allylic oxidation sites excluding steroid dienone is 2. The van der Waals surface area contributed by atoms with Crippen molar-refractivity contribution in [3.05, 3.63) is 54.4 Å². The Morgan fingerprint density at radius 2 is 2.00 bits per heavy atom. The summed E-state index contributed by atoms with van der Waals surface area (Å²) in [6.45, 7) is 9.48. The summed E-state index contributed by atoms with van der Waals surface area (Å²) in [7, 11) is 1.95. The Balaban J connectivity index is 1.26. The van der Waals surface area contributed by atoms with Crippen LogP contribution in [0.4, 0.5) is 18.9 Å². The maximum Gasteiger partial charge on any atom is 0.416 e. The molecular weight excluding hydrogens is 473 g/mol. The van der Waals surface area contributed by atoms with Crippen molar-refractivity contribution in [1.82, 2.24) is 19.7 Å². The SMILES string of the molecule is C=CC=N/C(=C\C)c1nnc(SCCCN2CC3CCN(c4ccc(C(F)(F)F)cc4)C3C2)n1C. The first-order valence-electron chi connectivity index (χ1n) is 11.8. The minimum absolute atomic E-state index is 0.371. The van der Waals surface area contributed by atoms with Crippen molar-refractivity contribution < 1.29 is 13.2 Å². The van der Waals surface area contributed by atoms with Gasteiger partial charge in [-0.1, -0.05) is 30.5 Å². The van der Waals surface area contributed by atoms with Crippen LogP contribution in [-0.4, -0.2) is 63.9 Å². The molecule has 1 aromatic heterocycles. The number of rotatable bonds is 9. The first-order chi connectivity index (χ1) is 16.8. The van der Waals surface area contributed by atoms with E-state index in [0.717, 1.165) is 67.1 Å². The van der Waals surface area contributed by atoms with Gasteiger partial charge in [0.25, 0.3) is 0 Å². The number of likely N-dealkylation sites (tertiary alicyclic amines) is 1. The van der Waals surface area contributed by atoms with Crippen LogP contribution in [0.15, 0.2) is 53.1 Å². The van der Waals surface area contributed by atoms with E-state index in [2.05, 4.69) is 31.6 Å². The van der Waals surface area contributed by atoms with Gasteiger partial charge in [0.2, 0.25) is 0 Å². The van der Waals surface area contributed by atoms with Gasteiger partial charge < -0.3 is 14.4 Å². The average Bonchev–Trinajstić information content (AvgIpc) is 3.52. The van der Waals surface area contributed by atoms with Gasteiger partial charge in [0.15, 0.2) is 11.0 Å². The van der Waals surface area contributed by atoms with Gasteiger partial charge in [-0.2, -0.15) is 13.2 Å². The van der Waals surface area contributed by atoms with Crippen molar-refractivity contribution in [1.29, 1.82) is 0 Å². The van der Waals surface area contributed by atoms with E-state index in [9.17, 15) is 13.2 Å². The third kappa shape index (κ3) is 5.81. The Labute approximate surface area is 208 Å². The van der Waals surface area contributed by atoms with Crippen LogP contribution < -0.4 is 4.90 Å². The van der Waals surface area contributed by atoms with Crippen LogP contribution in [0.25, 0.3) is 5.70 Å². The minimum atomic E-state index is -4.30. The van der Waals surface area contributed by atoms with E-state index in [1.165, 1.54) is 12.1 Å². The maximum atomic E-state index is 12.9. The molecule has 0 N–H and O–H groups in total. The highest BCUT2D eigenvalue weighted by Gasteiger charge is 2.41. The summed E-state index contributed by atoms with van der Waals surface area (Å²) in [5, 5.41) is 9.47. The maximum absolute atomic E-state index is 12.9. The van der Waals surface area contributed by atoms with Crippen molar-refractivity contribution in [3.8, 4) is 0 Å². The van der Waals surface area contributed by atoms with E-state index in [4.69, 9.17) is 0 Å². The van der Waals surface area contributed by atoms with E-state index >= 15 is 0 Å². The largest absolute Gasteiger partial charge is 0.416 e. The van der Waals surface area contributed by atoms with Crippen LogP contribution in [0.1, 0.15) is 31.2 Å². The van der Waals surface area contributed by atoms with Crippen LogP contribution in [0.3, 0.4) is 0 Å². The van der Waals surface area contributed by atoms with Gasteiger partial charge >= 0.3 is 6.18 Å². The number of nitrogens with zero attached hydrogens (tertiary/aromatic N) is 6. The van der Waals surface area contributed by atoms with Crippen LogP contribution in [0, 0.1) is 5.92 Å². The number of anilines is 1. The first kappa shape index (κ1) is 25.5. The van der Waals surface area contributed by atoms with E-state index in [1.54, 1.807) is 36.2 Å². The number of thioether (sulfide) groups is 1. The standard InChI is InChI=1S/C25H31F3N6S/c1-4-12-29-21(5-2)23-30-31-24(32(23)3)35-15-6-13-33-16-18-11-14-34(22(18)17-33)20-9-7-19(8-10-20)25(26,27)28/h4-5,7-10,12,18,22H,1,6,11,13-17H2,2-3H3/b21-5-,29-12?. The highest BCUT2D eigenvalue weighted by Crippen LogP contribution is 2.37. The molecule has 3 heterocycles. The van der Waals surface area contributed by atoms with Crippen molar-refractivity contribution in [3.63, 3.8) is 0 Å². The molecule has 2 aliphatic rings. The zero-order valence-electron chi connectivity index (χ0n) is 20.1.